The molecule has 2 fully saturated rings. The summed E-state index contributed by atoms with van der Waals surface area (Å²) in [6.07, 6.45) is 3.00. The predicted molar refractivity (Wildman–Crippen MR) is 214 cm³/mol. The molecular formula is C39H42ClN11O7. The van der Waals surface area contributed by atoms with Crippen molar-refractivity contribution in [1.29, 1.82) is 0 Å². The molecule has 19 heteroatoms. The number of hydrogen-bond donors (Lipinski definition) is 4. The second-order valence-electron chi connectivity index (χ2n) is 14.3. The second kappa shape index (κ2) is 17.4. The van der Waals surface area contributed by atoms with Gasteiger partial charge in [0, 0.05) is 66.4 Å². The molecule has 0 radical (unpaired) electrons. The minimum atomic E-state index is -1.14. The molecule has 5 aromatic rings. The first-order chi connectivity index (χ1) is 27.9. The number of likely N-dealkylation sites (N-methyl/N-ethyl adjacent to an activating group) is 1. The van der Waals surface area contributed by atoms with Crippen LogP contribution in [0.15, 0.2) is 73.1 Å². The zero-order chi connectivity index (χ0) is 40.9. The van der Waals surface area contributed by atoms with Crippen LogP contribution in [0, 0.1) is 0 Å². The number of rotatable bonds is 13. The number of amides is 5. The molecule has 7 rings (SSSR count). The Morgan fingerprint density at radius 1 is 0.931 bits per heavy atom. The molecule has 2 aliphatic heterocycles. The summed E-state index contributed by atoms with van der Waals surface area (Å²) in [5.74, 6) is -3.47. The maximum absolute atomic E-state index is 14.2. The highest BCUT2D eigenvalue weighted by molar-refractivity contribution is 6.41. The Morgan fingerprint density at radius 3 is 2.40 bits per heavy atom. The number of nitrogens with zero attached hydrogens (tertiary/aromatic N) is 8. The number of nitrogens with one attached hydrogen (secondary N) is 3. The van der Waals surface area contributed by atoms with Crippen molar-refractivity contribution in [1.82, 2.24) is 39.9 Å². The molecule has 4 heterocycles. The molecule has 2 saturated heterocycles. The molecule has 0 spiro atoms. The van der Waals surface area contributed by atoms with Gasteiger partial charge in [-0.15, -0.1) is 5.10 Å². The van der Waals surface area contributed by atoms with Crippen LogP contribution in [0.25, 0.3) is 16.6 Å². The van der Waals surface area contributed by atoms with E-state index in [2.05, 4.69) is 36.0 Å². The number of aromatic amines is 1. The Labute approximate surface area is 337 Å². The number of urea groups is 1. The largest absolute Gasteiger partial charge is 0.477 e. The van der Waals surface area contributed by atoms with Crippen molar-refractivity contribution < 1.29 is 33.8 Å². The van der Waals surface area contributed by atoms with Crippen molar-refractivity contribution >= 4 is 69.3 Å². The summed E-state index contributed by atoms with van der Waals surface area (Å²) in [6, 6.07) is 16.7. The lowest BCUT2D eigenvalue weighted by Gasteiger charge is -2.38. The fourth-order valence-corrected chi connectivity index (χ4v) is 7.19. The second-order valence-corrected chi connectivity index (χ2v) is 14.8. The van der Waals surface area contributed by atoms with E-state index >= 15 is 0 Å². The number of ether oxygens (including phenoxy) is 1. The molecule has 2 aromatic heterocycles. The monoisotopic (exact) mass is 811 g/mol. The van der Waals surface area contributed by atoms with Crippen LogP contribution in [0.4, 0.5) is 21.9 Å². The number of tetrazole rings is 1. The lowest BCUT2D eigenvalue weighted by Crippen LogP contribution is -2.60. The number of carboxylic acid groups (broad SMARTS) is 1. The molecule has 0 aliphatic carbocycles. The van der Waals surface area contributed by atoms with E-state index in [1.807, 2.05) is 14.1 Å². The summed E-state index contributed by atoms with van der Waals surface area (Å²) < 4.78 is 7.31. The average Bonchev–Trinajstić information content (AvgIpc) is 3.90. The maximum atomic E-state index is 14.2. The minimum absolute atomic E-state index is 0.00539. The SMILES string of the molecule is CN(C)CCOC1CCN(C(=O)Nc2ccc(C[C@@H](C(=O)Nc3ccc4[nH]c(C(=O)O)cc4c3)N3CCN(c4cc(Cl)ccc4-n4cnnn4)C(=O)C3=O)cc2)CC1. The van der Waals surface area contributed by atoms with Gasteiger partial charge in [0.25, 0.3) is 0 Å². The normalized spacial score (nSPS) is 15.6. The van der Waals surface area contributed by atoms with Gasteiger partial charge in [-0.1, -0.05) is 23.7 Å². The summed E-state index contributed by atoms with van der Waals surface area (Å²) >= 11 is 6.32. The molecule has 0 unspecified atom stereocenters. The fraction of sp³-hybridized carbons (Fsp3) is 0.333. The molecule has 302 valence electrons. The maximum Gasteiger partial charge on any atom is 0.352 e. The highest BCUT2D eigenvalue weighted by Gasteiger charge is 2.41. The smallest absolute Gasteiger partial charge is 0.352 e. The van der Waals surface area contributed by atoms with Gasteiger partial charge in [-0.2, -0.15) is 4.68 Å². The third-order valence-electron chi connectivity index (χ3n) is 10.1. The number of fused-ring (bicyclic) bond motifs is 1. The Kier molecular flexibility index (Phi) is 12.0. The zero-order valence-electron chi connectivity index (χ0n) is 31.8. The first kappa shape index (κ1) is 39.8. The summed E-state index contributed by atoms with van der Waals surface area (Å²) in [4.78, 5) is 75.8. The number of aromatic nitrogens is 5. The molecule has 2 aliphatic rings. The Balaban J connectivity index is 1.07. The third-order valence-corrected chi connectivity index (χ3v) is 10.4. The van der Waals surface area contributed by atoms with Crippen LogP contribution in [-0.2, 0) is 25.5 Å². The van der Waals surface area contributed by atoms with Crippen LogP contribution in [0.1, 0.15) is 28.9 Å². The minimum Gasteiger partial charge on any atom is -0.477 e. The van der Waals surface area contributed by atoms with E-state index in [1.165, 1.54) is 26.9 Å². The quantitative estimate of drug-likeness (QED) is 0.127. The number of hydrogen-bond acceptors (Lipinski definition) is 10. The number of H-pyrrole nitrogens is 1. The van der Waals surface area contributed by atoms with E-state index < -0.39 is 29.7 Å². The standard InChI is InChI=1S/C39H42ClN11O7/c1-47(2)17-18-58-29-11-13-48(14-12-29)39(57)43-27-6-3-24(4-7-27)19-34(35(52)42-28-8-9-30-25(20-28)21-31(44-30)38(55)56)50-16-15-49(36(53)37(50)54)33-22-26(40)5-10-32(33)51-23-41-45-46-51/h3-10,20-23,29,34,44H,11-19H2,1-2H3,(H,42,52)(H,43,57)(H,55,56)/t34-/m0/s1. The molecule has 1 atom stereocenters. The van der Waals surface area contributed by atoms with E-state index in [0.717, 1.165) is 19.4 Å². The summed E-state index contributed by atoms with van der Waals surface area (Å²) in [7, 11) is 3.99. The molecular weight excluding hydrogens is 770 g/mol. The van der Waals surface area contributed by atoms with Crippen LogP contribution >= 0.6 is 11.6 Å². The van der Waals surface area contributed by atoms with E-state index in [1.54, 1.807) is 65.6 Å². The van der Waals surface area contributed by atoms with Gasteiger partial charge in [0.1, 0.15) is 18.1 Å². The number of likely N-dealkylation sites (tertiary alicyclic amines) is 1. The van der Waals surface area contributed by atoms with Crippen LogP contribution < -0.4 is 15.5 Å². The van der Waals surface area contributed by atoms with E-state index in [-0.39, 0.29) is 37.3 Å². The number of carboxylic acids is 1. The van der Waals surface area contributed by atoms with Crippen LogP contribution in [0.2, 0.25) is 5.02 Å². The molecule has 18 nitrogen and oxygen atoms in total. The number of piperidine rings is 1. The number of carbonyl (C=O) groups excluding carboxylic acids is 4. The number of piperazine rings is 1. The van der Waals surface area contributed by atoms with Crippen molar-refractivity contribution in [3.05, 3.63) is 89.3 Å². The summed E-state index contributed by atoms with van der Waals surface area (Å²) in [5.41, 5.74) is 2.88. The number of benzene rings is 3. The molecule has 4 N–H and O–H groups in total. The third kappa shape index (κ3) is 9.09. The molecule has 0 bridgehead atoms. The Bertz CT molecular complexity index is 2310. The predicted octanol–water partition coefficient (Wildman–Crippen LogP) is 3.49. The van der Waals surface area contributed by atoms with Crippen LogP contribution in [0.5, 0.6) is 0 Å². The van der Waals surface area contributed by atoms with Crippen molar-refractivity contribution in [3.8, 4) is 5.69 Å². The van der Waals surface area contributed by atoms with Crippen molar-refractivity contribution in [3.63, 3.8) is 0 Å². The van der Waals surface area contributed by atoms with Gasteiger partial charge in [0.2, 0.25) is 5.91 Å². The molecule has 0 saturated carbocycles. The van der Waals surface area contributed by atoms with Crippen molar-refractivity contribution in [2.24, 2.45) is 0 Å². The van der Waals surface area contributed by atoms with Crippen molar-refractivity contribution in [2.45, 2.75) is 31.4 Å². The first-order valence-corrected chi connectivity index (χ1v) is 19.0. The Hall–Kier alpha value is -6.37. The van der Waals surface area contributed by atoms with Crippen LogP contribution in [0.3, 0.4) is 0 Å². The highest BCUT2D eigenvalue weighted by atomic mass is 35.5. The number of aromatic carboxylic acids is 1. The van der Waals surface area contributed by atoms with Gasteiger partial charge in [0.15, 0.2) is 0 Å². The van der Waals surface area contributed by atoms with Gasteiger partial charge in [-0.05, 0) is 97.5 Å². The van der Waals surface area contributed by atoms with Gasteiger partial charge in [-0.25, -0.2) is 9.59 Å². The molecule has 3 aromatic carbocycles. The number of carbonyl (C=O) groups is 5. The fourth-order valence-electron chi connectivity index (χ4n) is 7.03. The van der Waals surface area contributed by atoms with E-state index in [4.69, 9.17) is 16.3 Å². The molecule has 58 heavy (non-hydrogen) atoms. The van der Waals surface area contributed by atoms with Crippen molar-refractivity contribution in [2.75, 3.05) is 69.0 Å². The van der Waals surface area contributed by atoms with Crippen LogP contribution in [-0.4, -0.2) is 140 Å². The zero-order valence-corrected chi connectivity index (χ0v) is 32.6. The summed E-state index contributed by atoms with van der Waals surface area (Å²) in [6.45, 7) is 2.65. The lowest BCUT2D eigenvalue weighted by atomic mass is 10.0. The lowest BCUT2D eigenvalue weighted by molar-refractivity contribution is -0.149. The number of halogens is 1. The van der Waals surface area contributed by atoms with Gasteiger partial charge in [0.05, 0.1) is 24.1 Å². The van der Waals surface area contributed by atoms with Gasteiger partial charge in [-0.3, -0.25) is 14.4 Å². The van der Waals surface area contributed by atoms with E-state index in [0.29, 0.717) is 63.9 Å². The molecule has 5 amide bonds. The topological polar surface area (TPSA) is 211 Å². The van der Waals surface area contributed by atoms with Gasteiger partial charge < -0.3 is 45.1 Å². The average molecular weight is 812 g/mol. The summed E-state index contributed by atoms with van der Waals surface area (Å²) in [5, 5.41) is 27.4. The van der Waals surface area contributed by atoms with E-state index in [9.17, 15) is 29.1 Å². The number of anilines is 3. The highest BCUT2D eigenvalue weighted by Crippen LogP contribution is 2.30. The Morgan fingerprint density at radius 2 is 1.69 bits per heavy atom. The van der Waals surface area contributed by atoms with Gasteiger partial charge >= 0.3 is 23.8 Å². The first-order valence-electron chi connectivity index (χ1n) is 18.7.